The average molecular weight is 238 g/mol. The number of benzene rings is 1. The summed E-state index contributed by atoms with van der Waals surface area (Å²) in [5.41, 5.74) is 1.03. The average Bonchev–Trinajstić information content (AvgIpc) is 2.39. The molecule has 0 spiro atoms. The summed E-state index contributed by atoms with van der Waals surface area (Å²) in [6.07, 6.45) is 1.71. The van der Waals surface area contributed by atoms with Crippen molar-refractivity contribution in [1.29, 1.82) is 0 Å². The van der Waals surface area contributed by atoms with Crippen molar-refractivity contribution in [3.05, 3.63) is 29.8 Å². The van der Waals surface area contributed by atoms with Gasteiger partial charge >= 0.3 is 0 Å². The minimum absolute atomic E-state index is 0.263. The molecule has 0 N–H and O–H groups in total. The third-order valence-corrected chi connectivity index (χ3v) is 2.33. The molecule has 0 amide bonds. The van der Waals surface area contributed by atoms with E-state index in [0.717, 1.165) is 24.2 Å². The molecule has 1 aromatic carbocycles. The zero-order valence-electron chi connectivity index (χ0n) is 10.9. The summed E-state index contributed by atoms with van der Waals surface area (Å²) >= 11 is 0. The highest BCUT2D eigenvalue weighted by Crippen LogP contribution is 2.22. The second kappa shape index (κ2) is 8.09. The maximum absolute atomic E-state index is 5.69. The van der Waals surface area contributed by atoms with E-state index in [4.69, 9.17) is 14.2 Å². The van der Waals surface area contributed by atoms with Crippen LogP contribution in [0.15, 0.2) is 24.3 Å². The smallest absolute Gasteiger partial charge is 0.183 e. The van der Waals surface area contributed by atoms with Gasteiger partial charge in [-0.1, -0.05) is 26.0 Å². The third-order valence-electron chi connectivity index (χ3n) is 2.33. The summed E-state index contributed by atoms with van der Waals surface area (Å²) in [5.74, 6) is 0.846. The first-order valence-electron chi connectivity index (χ1n) is 6.19. The fourth-order valence-corrected chi connectivity index (χ4v) is 1.45. The normalized spacial score (nSPS) is 10.8. The Labute approximate surface area is 104 Å². The molecule has 0 aliphatic rings. The molecule has 0 radical (unpaired) electrons. The van der Waals surface area contributed by atoms with Crippen LogP contribution in [0, 0.1) is 0 Å². The lowest BCUT2D eigenvalue weighted by Gasteiger charge is -2.18. The van der Waals surface area contributed by atoms with Crippen molar-refractivity contribution < 1.29 is 14.2 Å². The van der Waals surface area contributed by atoms with Gasteiger partial charge in [-0.05, 0) is 25.0 Å². The third kappa shape index (κ3) is 4.75. The van der Waals surface area contributed by atoms with Gasteiger partial charge in [0.1, 0.15) is 5.75 Å². The Bertz CT molecular complexity index is 287. The van der Waals surface area contributed by atoms with E-state index in [1.54, 1.807) is 7.11 Å². The Morgan fingerprint density at radius 1 is 0.941 bits per heavy atom. The topological polar surface area (TPSA) is 27.7 Å². The lowest BCUT2D eigenvalue weighted by Crippen LogP contribution is -2.10. The Hall–Kier alpha value is -1.06. The summed E-state index contributed by atoms with van der Waals surface area (Å²) in [4.78, 5) is 0. The van der Waals surface area contributed by atoms with E-state index in [2.05, 4.69) is 13.8 Å². The van der Waals surface area contributed by atoms with E-state index in [9.17, 15) is 0 Å². The van der Waals surface area contributed by atoms with Crippen LogP contribution in [-0.2, 0) is 9.47 Å². The minimum atomic E-state index is -0.263. The van der Waals surface area contributed by atoms with Crippen molar-refractivity contribution in [3.63, 3.8) is 0 Å². The van der Waals surface area contributed by atoms with Gasteiger partial charge in [0.2, 0.25) is 0 Å². The van der Waals surface area contributed by atoms with Gasteiger partial charge in [-0.2, -0.15) is 0 Å². The molecule has 0 saturated heterocycles. The largest absolute Gasteiger partial charge is 0.497 e. The van der Waals surface area contributed by atoms with E-state index >= 15 is 0 Å². The summed E-state index contributed by atoms with van der Waals surface area (Å²) in [6, 6.07) is 7.81. The quantitative estimate of drug-likeness (QED) is 0.648. The van der Waals surface area contributed by atoms with Crippen molar-refractivity contribution in [3.8, 4) is 5.75 Å². The Balaban J connectivity index is 2.65. The molecular weight excluding hydrogens is 216 g/mol. The fraction of sp³-hybridized carbons (Fsp3) is 0.571. The summed E-state index contributed by atoms with van der Waals surface area (Å²) in [7, 11) is 1.66. The van der Waals surface area contributed by atoms with Crippen LogP contribution in [0.1, 0.15) is 38.5 Å². The molecule has 0 aromatic heterocycles. The standard InChI is InChI=1S/C14H22O3/c1-4-10-16-14(17-11-5-2)12-6-8-13(15-3)9-7-12/h6-9,14H,4-5,10-11H2,1-3H3. The predicted molar refractivity (Wildman–Crippen MR) is 68.2 cm³/mol. The zero-order valence-corrected chi connectivity index (χ0v) is 10.9. The first-order chi connectivity index (χ1) is 8.31. The van der Waals surface area contributed by atoms with E-state index < -0.39 is 0 Å². The van der Waals surface area contributed by atoms with Crippen LogP contribution in [0.2, 0.25) is 0 Å². The predicted octanol–water partition coefficient (Wildman–Crippen LogP) is 3.55. The number of hydrogen-bond acceptors (Lipinski definition) is 3. The lowest BCUT2D eigenvalue weighted by atomic mass is 10.2. The number of rotatable bonds is 8. The molecule has 0 heterocycles. The molecule has 0 saturated carbocycles. The van der Waals surface area contributed by atoms with Crippen LogP contribution >= 0.6 is 0 Å². The molecule has 1 rings (SSSR count). The van der Waals surface area contributed by atoms with Crippen molar-refractivity contribution in [2.24, 2.45) is 0 Å². The fourth-order valence-electron chi connectivity index (χ4n) is 1.45. The zero-order chi connectivity index (χ0) is 12.5. The Kier molecular flexibility index (Phi) is 6.67. The summed E-state index contributed by atoms with van der Waals surface area (Å²) in [6.45, 7) is 5.59. The van der Waals surface area contributed by atoms with Crippen molar-refractivity contribution >= 4 is 0 Å². The summed E-state index contributed by atoms with van der Waals surface area (Å²) in [5, 5.41) is 0. The van der Waals surface area contributed by atoms with E-state index in [-0.39, 0.29) is 6.29 Å². The van der Waals surface area contributed by atoms with Gasteiger partial charge in [0, 0.05) is 18.8 Å². The molecule has 0 aliphatic heterocycles. The molecule has 0 aliphatic carbocycles. The van der Waals surface area contributed by atoms with Crippen LogP contribution in [0.25, 0.3) is 0 Å². The molecular formula is C14H22O3. The highest BCUT2D eigenvalue weighted by molar-refractivity contribution is 5.27. The van der Waals surface area contributed by atoms with E-state index in [0.29, 0.717) is 13.2 Å². The van der Waals surface area contributed by atoms with Gasteiger partial charge < -0.3 is 14.2 Å². The maximum atomic E-state index is 5.69. The number of methoxy groups -OCH3 is 1. The van der Waals surface area contributed by atoms with Gasteiger partial charge in [-0.3, -0.25) is 0 Å². The Morgan fingerprint density at radius 3 is 1.88 bits per heavy atom. The minimum Gasteiger partial charge on any atom is -0.497 e. The molecule has 3 nitrogen and oxygen atoms in total. The van der Waals surface area contributed by atoms with E-state index in [1.807, 2.05) is 24.3 Å². The van der Waals surface area contributed by atoms with Gasteiger partial charge in [0.25, 0.3) is 0 Å². The second-order valence-corrected chi connectivity index (χ2v) is 3.85. The Morgan fingerprint density at radius 2 is 1.47 bits per heavy atom. The molecule has 0 unspecified atom stereocenters. The van der Waals surface area contributed by atoms with Crippen molar-refractivity contribution in [2.75, 3.05) is 20.3 Å². The van der Waals surface area contributed by atoms with Gasteiger partial charge in [0.05, 0.1) is 7.11 Å². The molecule has 0 atom stereocenters. The first-order valence-corrected chi connectivity index (χ1v) is 6.19. The highest BCUT2D eigenvalue weighted by Gasteiger charge is 2.11. The first kappa shape index (κ1) is 14.0. The molecule has 96 valence electrons. The maximum Gasteiger partial charge on any atom is 0.183 e. The van der Waals surface area contributed by atoms with Crippen molar-refractivity contribution in [1.82, 2.24) is 0 Å². The summed E-state index contributed by atoms with van der Waals surface area (Å²) < 4.78 is 16.5. The lowest BCUT2D eigenvalue weighted by molar-refractivity contribution is -0.146. The van der Waals surface area contributed by atoms with Gasteiger partial charge in [-0.15, -0.1) is 0 Å². The SMILES string of the molecule is CCCOC(OCCC)c1ccc(OC)cc1. The van der Waals surface area contributed by atoms with Gasteiger partial charge in [0.15, 0.2) is 6.29 Å². The highest BCUT2D eigenvalue weighted by atomic mass is 16.7. The monoisotopic (exact) mass is 238 g/mol. The van der Waals surface area contributed by atoms with Crippen molar-refractivity contribution in [2.45, 2.75) is 33.0 Å². The van der Waals surface area contributed by atoms with Crippen LogP contribution in [0.4, 0.5) is 0 Å². The van der Waals surface area contributed by atoms with Crippen LogP contribution in [0.3, 0.4) is 0 Å². The van der Waals surface area contributed by atoms with Crippen LogP contribution in [0.5, 0.6) is 5.75 Å². The number of ether oxygens (including phenoxy) is 3. The molecule has 0 fully saturated rings. The van der Waals surface area contributed by atoms with E-state index in [1.165, 1.54) is 0 Å². The van der Waals surface area contributed by atoms with Gasteiger partial charge in [-0.25, -0.2) is 0 Å². The van der Waals surface area contributed by atoms with Crippen LogP contribution < -0.4 is 4.74 Å². The second-order valence-electron chi connectivity index (χ2n) is 3.85. The molecule has 1 aromatic rings. The number of hydrogen-bond donors (Lipinski definition) is 0. The molecule has 0 bridgehead atoms. The van der Waals surface area contributed by atoms with Crippen LogP contribution in [-0.4, -0.2) is 20.3 Å². The molecule has 3 heteroatoms. The molecule has 17 heavy (non-hydrogen) atoms.